The van der Waals surface area contributed by atoms with Gasteiger partial charge in [0.15, 0.2) is 0 Å². The number of nitrogens with zero attached hydrogens (tertiary/aromatic N) is 2. The summed E-state index contributed by atoms with van der Waals surface area (Å²) in [6.07, 6.45) is 4.83. The zero-order valence-electron chi connectivity index (χ0n) is 12.1. The third-order valence-corrected chi connectivity index (χ3v) is 3.99. The van der Waals surface area contributed by atoms with E-state index in [0.29, 0.717) is 25.1 Å². The standard InChI is InChI=1S/C13H23N3O2S/c1-10-11(7-15-16(10)3)5-6-12(17)14-8-13(2,18)9-19-4/h7,18H,5-6,8-9H2,1-4H3,(H,14,17). The molecular formula is C13H23N3O2S. The fourth-order valence-electron chi connectivity index (χ4n) is 1.78. The molecular weight excluding hydrogens is 262 g/mol. The summed E-state index contributed by atoms with van der Waals surface area (Å²) in [4.78, 5) is 11.7. The van der Waals surface area contributed by atoms with Gasteiger partial charge in [0, 0.05) is 31.5 Å². The molecule has 0 saturated carbocycles. The maximum absolute atomic E-state index is 11.7. The molecule has 0 bridgehead atoms. The van der Waals surface area contributed by atoms with E-state index in [-0.39, 0.29) is 5.91 Å². The Morgan fingerprint density at radius 1 is 1.63 bits per heavy atom. The topological polar surface area (TPSA) is 67.2 Å². The highest BCUT2D eigenvalue weighted by atomic mass is 32.2. The van der Waals surface area contributed by atoms with Crippen molar-refractivity contribution in [2.24, 2.45) is 7.05 Å². The Morgan fingerprint density at radius 2 is 2.32 bits per heavy atom. The molecule has 2 N–H and O–H groups in total. The molecule has 108 valence electrons. The van der Waals surface area contributed by atoms with Crippen molar-refractivity contribution in [3.8, 4) is 0 Å². The van der Waals surface area contributed by atoms with E-state index in [1.165, 1.54) is 0 Å². The number of hydrogen-bond acceptors (Lipinski definition) is 4. The lowest BCUT2D eigenvalue weighted by atomic mass is 10.1. The molecule has 0 radical (unpaired) electrons. The molecule has 19 heavy (non-hydrogen) atoms. The van der Waals surface area contributed by atoms with Crippen molar-refractivity contribution in [2.45, 2.75) is 32.3 Å². The number of aromatic nitrogens is 2. The first-order valence-corrected chi connectivity index (χ1v) is 7.70. The highest BCUT2D eigenvalue weighted by molar-refractivity contribution is 7.98. The van der Waals surface area contributed by atoms with Crippen LogP contribution < -0.4 is 5.32 Å². The van der Waals surface area contributed by atoms with Gasteiger partial charge < -0.3 is 10.4 Å². The molecule has 0 saturated heterocycles. The van der Waals surface area contributed by atoms with Crippen molar-refractivity contribution < 1.29 is 9.90 Å². The molecule has 0 aliphatic rings. The van der Waals surface area contributed by atoms with E-state index in [9.17, 15) is 9.90 Å². The van der Waals surface area contributed by atoms with E-state index in [0.717, 1.165) is 11.3 Å². The van der Waals surface area contributed by atoms with Crippen LogP contribution in [0.3, 0.4) is 0 Å². The highest BCUT2D eigenvalue weighted by Crippen LogP contribution is 2.10. The fraction of sp³-hybridized carbons (Fsp3) is 0.692. The Bertz CT molecular complexity index is 430. The van der Waals surface area contributed by atoms with Crippen LogP contribution in [0, 0.1) is 6.92 Å². The van der Waals surface area contributed by atoms with Crippen LogP contribution >= 0.6 is 11.8 Å². The van der Waals surface area contributed by atoms with Crippen LogP contribution in [0.4, 0.5) is 0 Å². The Kier molecular flexibility index (Phi) is 5.87. The molecule has 6 heteroatoms. The number of carbonyl (C=O) groups is 1. The summed E-state index contributed by atoms with van der Waals surface area (Å²) in [5.41, 5.74) is 1.33. The number of rotatable bonds is 7. The largest absolute Gasteiger partial charge is 0.387 e. The lowest BCUT2D eigenvalue weighted by Gasteiger charge is -2.22. The van der Waals surface area contributed by atoms with E-state index in [1.54, 1.807) is 29.6 Å². The number of nitrogens with one attached hydrogen (secondary N) is 1. The van der Waals surface area contributed by atoms with Gasteiger partial charge in [-0.15, -0.1) is 0 Å². The number of aryl methyl sites for hydroxylation is 2. The van der Waals surface area contributed by atoms with Crippen LogP contribution in [0.1, 0.15) is 24.6 Å². The molecule has 1 unspecified atom stereocenters. The van der Waals surface area contributed by atoms with Gasteiger partial charge >= 0.3 is 0 Å². The Morgan fingerprint density at radius 3 is 2.84 bits per heavy atom. The van der Waals surface area contributed by atoms with E-state index < -0.39 is 5.60 Å². The minimum atomic E-state index is -0.848. The van der Waals surface area contributed by atoms with Gasteiger partial charge in [-0.3, -0.25) is 9.48 Å². The normalized spacial score (nSPS) is 14.2. The lowest BCUT2D eigenvalue weighted by Crippen LogP contribution is -2.42. The van der Waals surface area contributed by atoms with E-state index in [2.05, 4.69) is 10.4 Å². The Labute approximate surface area is 118 Å². The summed E-state index contributed by atoms with van der Waals surface area (Å²) in [5.74, 6) is 0.569. The summed E-state index contributed by atoms with van der Waals surface area (Å²) < 4.78 is 1.80. The minimum Gasteiger partial charge on any atom is -0.387 e. The zero-order chi connectivity index (χ0) is 14.5. The van der Waals surface area contributed by atoms with Gasteiger partial charge in [-0.25, -0.2) is 0 Å². The highest BCUT2D eigenvalue weighted by Gasteiger charge is 2.20. The van der Waals surface area contributed by atoms with Gasteiger partial charge in [0.1, 0.15) is 0 Å². The summed E-state index contributed by atoms with van der Waals surface area (Å²) in [6, 6.07) is 0. The number of thioether (sulfide) groups is 1. The molecule has 1 aromatic rings. The molecule has 0 spiro atoms. The van der Waals surface area contributed by atoms with Crippen molar-refractivity contribution in [1.29, 1.82) is 0 Å². The number of aliphatic hydroxyl groups is 1. The van der Waals surface area contributed by atoms with Crippen LogP contribution in [0.15, 0.2) is 6.20 Å². The van der Waals surface area contributed by atoms with E-state index in [4.69, 9.17) is 0 Å². The molecule has 1 rings (SSSR count). The van der Waals surface area contributed by atoms with Crippen LogP contribution in [0.5, 0.6) is 0 Å². The van der Waals surface area contributed by atoms with Gasteiger partial charge in [0.25, 0.3) is 0 Å². The third-order valence-electron chi connectivity index (χ3n) is 3.08. The molecule has 1 atom stereocenters. The minimum absolute atomic E-state index is 0.0374. The predicted octanol–water partition coefficient (Wildman–Crippen LogP) is 0.891. The molecule has 0 fully saturated rings. The average Bonchev–Trinajstić information content (AvgIpc) is 2.65. The third kappa shape index (κ3) is 5.24. The summed E-state index contributed by atoms with van der Waals surface area (Å²) in [7, 11) is 1.89. The quantitative estimate of drug-likeness (QED) is 0.781. The van der Waals surface area contributed by atoms with Crippen molar-refractivity contribution in [1.82, 2.24) is 15.1 Å². The summed E-state index contributed by atoms with van der Waals surface area (Å²) >= 11 is 1.56. The average molecular weight is 285 g/mol. The molecule has 1 heterocycles. The van der Waals surface area contributed by atoms with Crippen LogP contribution in [0.2, 0.25) is 0 Å². The van der Waals surface area contributed by atoms with Crippen LogP contribution in [-0.4, -0.2) is 44.9 Å². The van der Waals surface area contributed by atoms with Gasteiger partial charge in [-0.1, -0.05) is 0 Å². The van der Waals surface area contributed by atoms with Crippen molar-refractivity contribution in [3.63, 3.8) is 0 Å². The van der Waals surface area contributed by atoms with Gasteiger partial charge in [0.2, 0.25) is 5.91 Å². The number of carbonyl (C=O) groups excluding carboxylic acids is 1. The second-order valence-electron chi connectivity index (χ2n) is 5.09. The van der Waals surface area contributed by atoms with Crippen molar-refractivity contribution in [3.05, 3.63) is 17.5 Å². The van der Waals surface area contributed by atoms with Gasteiger partial charge in [-0.05, 0) is 32.1 Å². The smallest absolute Gasteiger partial charge is 0.220 e. The fourth-order valence-corrected chi connectivity index (χ4v) is 2.50. The van der Waals surface area contributed by atoms with Gasteiger partial charge in [-0.2, -0.15) is 16.9 Å². The maximum atomic E-state index is 11.7. The molecule has 1 aromatic heterocycles. The molecule has 5 nitrogen and oxygen atoms in total. The lowest BCUT2D eigenvalue weighted by molar-refractivity contribution is -0.122. The SMILES string of the molecule is CSCC(C)(O)CNC(=O)CCc1cnn(C)c1C. The molecule has 0 aromatic carbocycles. The maximum Gasteiger partial charge on any atom is 0.220 e. The van der Waals surface area contributed by atoms with Gasteiger partial charge in [0.05, 0.1) is 11.8 Å². The first kappa shape index (κ1) is 16.0. The van der Waals surface area contributed by atoms with E-state index in [1.807, 2.05) is 20.2 Å². The predicted molar refractivity (Wildman–Crippen MR) is 78.3 cm³/mol. The number of amides is 1. The number of hydrogen-bond donors (Lipinski definition) is 2. The van der Waals surface area contributed by atoms with Crippen LogP contribution in [0.25, 0.3) is 0 Å². The second kappa shape index (κ2) is 6.96. The molecule has 0 aliphatic heterocycles. The Hall–Kier alpha value is -1.01. The first-order chi connectivity index (χ1) is 8.85. The monoisotopic (exact) mass is 285 g/mol. The van der Waals surface area contributed by atoms with Crippen molar-refractivity contribution in [2.75, 3.05) is 18.6 Å². The Balaban J connectivity index is 2.34. The van der Waals surface area contributed by atoms with Crippen molar-refractivity contribution >= 4 is 17.7 Å². The second-order valence-corrected chi connectivity index (χ2v) is 5.95. The summed E-state index contributed by atoms with van der Waals surface area (Å²) in [5, 5.41) is 16.9. The summed E-state index contributed by atoms with van der Waals surface area (Å²) in [6.45, 7) is 4.01. The van der Waals surface area contributed by atoms with E-state index >= 15 is 0 Å². The zero-order valence-corrected chi connectivity index (χ0v) is 12.9. The molecule has 0 aliphatic carbocycles. The first-order valence-electron chi connectivity index (χ1n) is 6.31. The molecule has 1 amide bonds. The van der Waals surface area contributed by atoms with Crippen LogP contribution in [-0.2, 0) is 18.3 Å².